The normalized spacial score (nSPS) is 17.7. The van der Waals surface area contributed by atoms with Gasteiger partial charge in [0.25, 0.3) is 0 Å². The van der Waals surface area contributed by atoms with E-state index < -0.39 is 0 Å². The van der Waals surface area contributed by atoms with Crippen LogP contribution in [-0.2, 0) is 0 Å². The molecule has 2 aromatic rings. The highest BCUT2D eigenvalue weighted by Crippen LogP contribution is 2.58. The number of hydrogen-bond donors (Lipinski definition) is 0. The van der Waals surface area contributed by atoms with E-state index in [9.17, 15) is 0 Å². The zero-order chi connectivity index (χ0) is 27.4. The number of methoxy groups -OCH3 is 2. The maximum atomic E-state index is 6.30. The first-order chi connectivity index (χ1) is 18.3. The van der Waals surface area contributed by atoms with Gasteiger partial charge in [-0.25, -0.2) is 0 Å². The molecular formula is C35H53O2P. The summed E-state index contributed by atoms with van der Waals surface area (Å²) in [6.07, 6.45) is 14.2. The molecule has 38 heavy (non-hydrogen) atoms. The van der Waals surface area contributed by atoms with Crippen LogP contribution in [0.3, 0.4) is 0 Å². The van der Waals surface area contributed by atoms with Gasteiger partial charge in [0.15, 0.2) is 0 Å². The van der Waals surface area contributed by atoms with Crippen LogP contribution in [0.4, 0.5) is 0 Å². The van der Waals surface area contributed by atoms with Gasteiger partial charge in [0.05, 0.1) is 14.2 Å². The van der Waals surface area contributed by atoms with Gasteiger partial charge in [-0.2, -0.15) is 0 Å². The average molecular weight is 537 g/mol. The van der Waals surface area contributed by atoms with Crippen molar-refractivity contribution in [2.75, 3.05) is 14.2 Å². The highest BCUT2D eigenvalue weighted by molar-refractivity contribution is 7.67. The minimum absolute atomic E-state index is 0.229. The molecular weight excluding hydrogens is 483 g/mol. The number of ether oxygens (including phenoxy) is 2. The van der Waals surface area contributed by atoms with E-state index in [1.165, 1.54) is 92.0 Å². The summed E-state index contributed by atoms with van der Waals surface area (Å²) in [5.74, 6) is 3.11. The standard InChI is InChI=1S/C35H53O2P/c1-23(2)30-33(31(24(3)4)35(37-8)32(25(5)6)34(30)36-7)28-21-15-16-22-29(28)38(26-17-11-9-12-18-26)27-19-13-10-14-20-27/h15-16,21-27H,9-14,17-20H2,1-8H3. The van der Waals surface area contributed by atoms with Crippen molar-refractivity contribution >= 4 is 13.2 Å². The summed E-state index contributed by atoms with van der Waals surface area (Å²) in [6.45, 7) is 13.9. The Bertz CT molecular complexity index is 1000. The molecule has 2 fully saturated rings. The molecule has 0 heterocycles. The summed E-state index contributed by atoms with van der Waals surface area (Å²) in [6, 6.07) is 9.56. The molecule has 0 saturated heterocycles. The van der Waals surface area contributed by atoms with Crippen molar-refractivity contribution in [1.29, 1.82) is 0 Å². The molecule has 0 aliphatic heterocycles. The smallest absolute Gasteiger partial charge is 0.130 e. The van der Waals surface area contributed by atoms with Crippen molar-refractivity contribution in [3.8, 4) is 22.6 Å². The monoisotopic (exact) mass is 536 g/mol. The fraction of sp³-hybridized carbons (Fsp3) is 0.657. The van der Waals surface area contributed by atoms with Crippen LogP contribution >= 0.6 is 7.92 Å². The molecule has 2 aromatic carbocycles. The summed E-state index contributed by atoms with van der Waals surface area (Å²) in [4.78, 5) is 0. The fourth-order valence-corrected chi connectivity index (χ4v) is 11.4. The van der Waals surface area contributed by atoms with E-state index in [2.05, 4.69) is 65.8 Å². The van der Waals surface area contributed by atoms with Crippen molar-refractivity contribution in [3.63, 3.8) is 0 Å². The third kappa shape index (κ3) is 5.82. The Balaban J connectivity index is 2.05. The van der Waals surface area contributed by atoms with E-state index in [1.807, 2.05) is 14.2 Å². The summed E-state index contributed by atoms with van der Waals surface area (Å²) in [5, 5.41) is 1.66. The second kappa shape index (κ2) is 13.2. The van der Waals surface area contributed by atoms with Crippen molar-refractivity contribution < 1.29 is 9.47 Å². The molecule has 0 aromatic heterocycles. The van der Waals surface area contributed by atoms with Crippen LogP contribution in [-0.4, -0.2) is 25.5 Å². The molecule has 2 nitrogen and oxygen atoms in total. The molecule has 0 spiro atoms. The first kappa shape index (κ1) is 29.5. The van der Waals surface area contributed by atoms with Crippen LogP contribution < -0.4 is 14.8 Å². The topological polar surface area (TPSA) is 18.5 Å². The van der Waals surface area contributed by atoms with Crippen LogP contribution in [0.25, 0.3) is 11.1 Å². The lowest BCUT2D eigenvalue weighted by atomic mass is 9.79. The van der Waals surface area contributed by atoms with Gasteiger partial charge in [-0.3, -0.25) is 0 Å². The third-order valence-corrected chi connectivity index (χ3v) is 12.6. The Morgan fingerprint density at radius 3 is 1.42 bits per heavy atom. The molecule has 2 saturated carbocycles. The molecule has 0 amide bonds. The minimum Gasteiger partial charge on any atom is -0.496 e. The van der Waals surface area contributed by atoms with Crippen molar-refractivity contribution in [3.05, 3.63) is 41.0 Å². The molecule has 3 heteroatoms. The molecule has 210 valence electrons. The Kier molecular flexibility index (Phi) is 10.2. The minimum atomic E-state index is -0.229. The van der Waals surface area contributed by atoms with Crippen LogP contribution in [0.1, 0.15) is 140 Å². The van der Waals surface area contributed by atoms with E-state index >= 15 is 0 Å². The highest BCUT2D eigenvalue weighted by atomic mass is 31.1. The third-order valence-electron chi connectivity index (χ3n) is 9.05. The van der Waals surface area contributed by atoms with Gasteiger partial charge in [0, 0.05) is 16.7 Å². The molecule has 0 N–H and O–H groups in total. The maximum absolute atomic E-state index is 6.30. The summed E-state index contributed by atoms with van der Waals surface area (Å²) in [7, 11) is 3.48. The van der Waals surface area contributed by atoms with Gasteiger partial charge >= 0.3 is 0 Å². The number of benzene rings is 2. The molecule has 2 aliphatic rings. The maximum Gasteiger partial charge on any atom is 0.130 e. The van der Waals surface area contributed by atoms with E-state index in [4.69, 9.17) is 9.47 Å². The Labute approximate surface area is 235 Å². The average Bonchev–Trinajstić information content (AvgIpc) is 2.92. The number of rotatable bonds is 9. The zero-order valence-electron chi connectivity index (χ0n) is 25.5. The van der Waals surface area contributed by atoms with E-state index in [1.54, 1.807) is 5.30 Å². The van der Waals surface area contributed by atoms with Gasteiger partial charge < -0.3 is 9.47 Å². The van der Waals surface area contributed by atoms with Crippen molar-refractivity contribution in [2.45, 2.75) is 135 Å². The van der Waals surface area contributed by atoms with Gasteiger partial charge in [-0.1, -0.05) is 112 Å². The lowest BCUT2D eigenvalue weighted by molar-refractivity contribution is 0.373. The molecule has 0 radical (unpaired) electrons. The Morgan fingerprint density at radius 2 is 1.03 bits per heavy atom. The molecule has 4 rings (SSSR count). The molecule has 0 atom stereocenters. The predicted molar refractivity (Wildman–Crippen MR) is 168 cm³/mol. The van der Waals surface area contributed by atoms with Crippen molar-refractivity contribution in [1.82, 2.24) is 0 Å². The van der Waals surface area contributed by atoms with Crippen molar-refractivity contribution in [2.24, 2.45) is 0 Å². The van der Waals surface area contributed by atoms with Crippen LogP contribution in [0.2, 0.25) is 0 Å². The number of hydrogen-bond acceptors (Lipinski definition) is 2. The van der Waals surface area contributed by atoms with E-state index in [0.717, 1.165) is 22.8 Å². The van der Waals surface area contributed by atoms with Crippen LogP contribution in [0, 0.1) is 0 Å². The second-order valence-corrected chi connectivity index (χ2v) is 15.4. The lowest BCUT2D eigenvalue weighted by Gasteiger charge is -2.40. The molecule has 0 bridgehead atoms. The SMILES string of the molecule is COc1c(C(C)C)c(OC)c(C(C)C)c(-c2ccccc2P(C2CCCCC2)C2CCCCC2)c1C(C)C. The van der Waals surface area contributed by atoms with E-state index in [-0.39, 0.29) is 7.92 Å². The second-order valence-electron chi connectivity index (χ2n) is 12.7. The zero-order valence-corrected chi connectivity index (χ0v) is 26.4. The Hall–Kier alpha value is -1.53. The highest BCUT2D eigenvalue weighted by Gasteiger charge is 2.36. The van der Waals surface area contributed by atoms with Crippen LogP contribution in [0.15, 0.2) is 24.3 Å². The molecule has 0 unspecified atom stereocenters. The largest absolute Gasteiger partial charge is 0.496 e. The summed E-state index contributed by atoms with van der Waals surface area (Å²) < 4.78 is 12.6. The summed E-state index contributed by atoms with van der Waals surface area (Å²) >= 11 is 0. The lowest BCUT2D eigenvalue weighted by Crippen LogP contribution is -2.27. The first-order valence-corrected chi connectivity index (χ1v) is 17.0. The van der Waals surface area contributed by atoms with E-state index in [0.29, 0.717) is 17.8 Å². The fourth-order valence-electron chi connectivity index (χ4n) is 7.44. The first-order valence-electron chi connectivity index (χ1n) is 15.5. The van der Waals surface area contributed by atoms with Crippen LogP contribution in [0.5, 0.6) is 11.5 Å². The quantitative estimate of drug-likeness (QED) is 0.297. The predicted octanol–water partition coefficient (Wildman–Crippen LogP) is 10.5. The molecule has 2 aliphatic carbocycles. The van der Waals surface area contributed by atoms with Gasteiger partial charge in [-0.15, -0.1) is 0 Å². The van der Waals surface area contributed by atoms with Gasteiger partial charge in [0.2, 0.25) is 0 Å². The Morgan fingerprint density at radius 1 is 0.605 bits per heavy atom. The summed E-state index contributed by atoms with van der Waals surface area (Å²) in [5.41, 5.74) is 8.58. The van der Waals surface area contributed by atoms with Gasteiger partial charge in [0.1, 0.15) is 11.5 Å². The van der Waals surface area contributed by atoms with Gasteiger partial charge in [-0.05, 0) is 71.2 Å².